The minimum atomic E-state index is -0.657. The summed E-state index contributed by atoms with van der Waals surface area (Å²) in [5.74, 6) is 0.183. The van der Waals surface area contributed by atoms with Crippen LogP contribution < -0.4 is 16.4 Å². The Kier molecular flexibility index (Phi) is 7.08. The summed E-state index contributed by atoms with van der Waals surface area (Å²) in [7, 11) is 0. The fraction of sp³-hybridized carbons (Fsp3) is 0.423. The van der Waals surface area contributed by atoms with Crippen LogP contribution in [0.25, 0.3) is 11.0 Å². The molecule has 7 nitrogen and oxygen atoms in total. The van der Waals surface area contributed by atoms with Crippen LogP contribution in [0.5, 0.6) is 0 Å². The third-order valence-electron chi connectivity index (χ3n) is 6.58. The van der Waals surface area contributed by atoms with Gasteiger partial charge in [-0.1, -0.05) is 42.0 Å². The van der Waals surface area contributed by atoms with E-state index in [0.29, 0.717) is 30.0 Å². The van der Waals surface area contributed by atoms with Crippen LogP contribution in [0.15, 0.2) is 58.1 Å². The molecule has 174 valence electrons. The molecule has 4 rings (SSSR count). The predicted octanol–water partition coefficient (Wildman–Crippen LogP) is 2.52. The fourth-order valence-electron chi connectivity index (χ4n) is 4.60. The molecule has 0 radical (unpaired) electrons. The topological polar surface area (TPSA) is 76.3 Å². The molecule has 7 heteroatoms. The lowest BCUT2D eigenvalue weighted by Gasteiger charge is -2.32. The van der Waals surface area contributed by atoms with Gasteiger partial charge in [0.15, 0.2) is 0 Å². The van der Waals surface area contributed by atoms with E-state index in [4.69, 9.17) is 0 Å². The number of amides is 1. The van der Waals surface area contributed by atoms with Crippen molar-refractivity contribution in [2.75, 3.05) is 19.6 Å². The first-order valence-electron chi connectivity index (χ1n) is 11.7. The van der Waals surface area contributed by atoms with Gasteiger partial charge in [-0.2, -0.15) is 0 Å². The molecule has 1 N–H and O–H groups in total. The zero-order valence-corrected chi connectivity index (χ0v) is 19.4. The third-order valence-corrected chi connectivity index (χ3v) is 6.58. The lowest BCUT2D eigenvalue weighted by Crippen LogP contribution is -2.44. The Labute approximate surface area is 193 Å². The van der Waals surface area contributed by atoms with E-state index < -0.39 is 11.1 Å². The molecule has 33 heavy (non-hydrogen) atoms. The van der Waals surface area contributed by atoms with Gasteiger partial charge in [-0.15, -0.1) is 0 Å². The molecule has 1 fully saturated rings. The highest BCUT2D eigenvalue weighted by molar-refractivity contribution is 5.80. The number of para-hydroxylation sites is 2. The molecule has 1 aliphatic rings. The number of benzene rings is 2. The van der Waals surface area contributed by atoms with Gasteiger partial charge in [0.05, 0.1) is 11.0 Å². The molecule has 1 saturated heterocycles. The standard InChI is InChI=1S/C26H32N4O3/c1-3-29-22-6-4-5-7-23(22)30(26(33)25(29)32)18-24(31)27-16-20-12-14-28(15-13-20)17-21-10-8-19(2)9-11-21/h4-11,20H,3,12-18H2,1-2H3,(H,27,31). The Hall–Kier alpha value is -3.19. The highest BCUT2D eigenvalue weighted by Crippen LogP contribution is 2.19. The van der Waals surface area contributed by atoms with Crippen molar-refractivity contribution in [2.45, 2.75) is 46.3 Å². The SMILES string of the molecule is CCn1c(=O)c(=O)n(CC(=O)NCC2CCN(Cc3ccc(C)cc3)CC2)c2ccccc21. The monoisotopic (exact) mass is 448 g/mol. The number of rotatable bonds is 7. The quantitative estimate of drug-likeness (QED) is 0.564. The van der Waals surface area contributed by atoms with Gasteiger partial charge in [0.25, 0.3) is 0 Å². The van der Waals surface area contributed by atoms with E-state index in [2.05, 4.69) is 41.4 Å². The Morgan fingerprint density at radius 3 is 2.18 bits per heavy atom. The van der Waals surface area contributed by atoms with Crippen LogP contribution in [0.1, 0.15) is 30.9 Å². The lowest BCUT2D eigenvalue weighted by atomic mass is 9.96. The van der Waals surface area contributed by atoms with Crippen molar-refractivity contribution in [2.24, 2.45) is 5.92 Å². The number of nitrogens with one attached hydrogen (secondary N) is 1. The molecular formula is C26H32N4O3. The predicted molar refractivity (Wildman–Crippen MR) is 130 cm³/mol. The van der Waals surface area contributed by atoms with Gasteiger partial charge in [-0.3, -0.25) is 23.9 Å². The Morgan fingerprint density at radius 2 is 1.55 bits per heavy atom. The van der Waals surface area contributed by atoms with E-state index in [0.717, 1.165) is 32.5 Å². The molecule has 0 spiro atoms. The molecule has 1 aromatic heterocycles. The number of piperidine rings is 1. The summed E-state index contributed by atoms with van der Waals surface area (Å²) in [4.78, 5) is 40.3. The molecule has 0 aliphatic carbocycles. The van der Waals surface area contributed by atoms with E-state index in [1.807, 2.05) is 19.1 Å². The Bertz CT molecular complexity index is 1240. The number of carbonyl (C=O) groups excluding carboxylic acids is 1. The van der Waals surface area contributed by atoms with E-state index in [-0.39, 0.29) is 12.5 Å². The number of fused-ring (bicyclic) bond motifs is 1. The summed E-state index contributed by atoms with van der Waals surface area (Å²) in [5, 5.41) is 2.99. The van der Waals surface area contributed by atoms with E-state index >= 15 is 0 Å². The molecule has 1 amide bonds. The van der Waals surface area contributed by atoms with Gasteiger partial charge < -0.3 is 9.88 Å². The van der Waals surface area contributed by atoms with Crippen molar-refractivity contribution >= 4 is 16.9 Å². The number of hydrogen-bond donors (Lipinski definition) is 1. The summed E-state index contributed by atoms with van der Waals surface area (Å²) in [6.45, 7) is 7.75. The minimum absolute atomic E-state index is 0.147. The van der Waals surface area contributed by atoms with Crippen LogP contribution in [0.3, 0.4) is 0 Å². The second kappa shape index (κ2) is 10.2. The minimum Gasteiger partial charge on any atom is -0.354 e. The molecular weight excluding hydrogens is 416 g/mol. The molecule has 2 heterocycles. The zero-order valence-electron chi connectivity index (χ0n) is 19.4. The average Bonchev–Trinajstić information content (AvgIpc) is 2.83. The first kappa shape index (κ1) is 23.0. The van der Waals surface area contributed by atoms with Crippen LogP contribution >= 0.6 is 0 Å². The van der Waals surface area contributed by atoms with Crippen molar-refractivity contribution < 1.29 is 4.79 Å². The normalized spacial score (nSPS) is 15.1. The largest absolute Gasteiger partial charge is 0.354 e. The second-order valence-corrected chi connectivity index (χ2v) is 8.94. The molecule has 1 aliphatic heterocycles. The molecule has 0 atom stereocenters. The van der Waals surface area contributed by atoms with Crippen LogP contribution in [-0.2, 0) is 24.4 Å². The Balaban J connectivity index is 1.33. The third kappa shape index (κ3) is 5.25. The molecule has 2 aromatic carbocycles. The highest BCUT2D eigenvalue weighted by Gasteiger charge is 2.20. The summed E-state index contributed by atoms with van der Waals surface area (Å²) >= 11 is 0. The smallest absolute Gasteiger partial charge is 0.317 e. The van der Waals surface area contributed by atoms with Gasteiger partial charge in [0.1, 0.15) is 6.54 Å². The average molecular weight is 449 g/mol. The van der Waals surface area contributed by atoms with Crippen LogP contribution in [0, 0.1) is 12.8 Å². The van der Waals surface area contributed by atoms with Gasteiger partial charge in [0, 0.05) is 19.6 Å². The summed E-state index contributed by atoms with van der Waals surface area (Å²) < 4.78 is 2.75. The van der Waals surface area contributed by atoms with Gasteiger partial charge in [0.2, 0.25) is 5.91 Å². The zero-order chi connectivity index (χ0) is 23.4. The van der Waals surface area contributed by atoms with Gasteiger partial charge in [-0.05, 0) is 63.4 Å². The number of likely N-dealkylation sites (tertiary alicyclic amines) is 1. The second-order valence-electron chi connectivity index (χ2n) is 8.94. The van der Waals surface area contributed by atoms with Crippen molar-refractivity contribution in [3.63, 3.8) is 0 Å². The van der Waals surface area contributed by atoms with Gasteiger partial charge >= 0.3 is 11.1 Å². The number of aromatic nitrogens is 2. The Morgan fingerprint density at radius 1 is 0.939 bits per heavy atom. The molecule has 0 saturated carbocycles. The number of nitrogens with zero attached hydrogens (tertiary/aromatic N) is 3. The maximum Gasteiger partial charge on any atom is 0.317 e. The lowest BCUT2D eigenvalue weighted by molar-refractivity contribution is -0.121. The van der Waals surface area contributed by atoms with E-state index in [9.17, 15) is 14.4 Å². The van der Waals surface area contributed by atoms with Crippen LogP contribution in [-0.4, -0.2) is 39.6 Å². The molecule has 3 aromatic rings. The summed E-state index contributed by atoms with van der Waals surface area (Å²) in [6.07, 6.45) is 2.06. The van der Waals surface area contributed by atoms with Crippen molar-refractivity contribution in [3.05, 3.63) is 80.4 Å². The molecule has 0 unspecified atom stereocenters. The van der Waals surface area contributed by atoms with Crippen molar-refractivity contribution in [1.29, 1.82) is 0 Å². The van der Waals surface area contributed by atoms with E-state index in [1.54, 1.807) is 12.1 Å². The number of hydrogen-bond acceptors (Lipinski definition) is 4. The first-order chi connectivity index (χ1) is 16.0. The fourth-order valence-corrected chi connectivity index (χ4v) is 4.60. The number of carbonyl (C=O) groups is 1. The van der Waals surface area contributed by atoms with Crippen molar-refractivity contribution in [1.82, 2.24) is 19.4 Å². The van der Waals surface area contributed by atoms with Gasteiger partial charge in [-0.25, -0.2) is 0 Å². The number of aryl methyl sites for hydroxylation is 2. The first-order valence-corrected chi connectivity index (χ1v) is 11.7. The van der Waals surface area contributed by atoms with Crippen LogP contribution in [0.4, 0.5) is 0 Å². The van der Waals surface area contributed by atoms with E-state index in [1.165, 1.54) is 20.3 Å². The summed E-state index contributed by atoms with van der Waals surface area (Å²) in [6, 6.07) is 15.9. The highest BCUT2D eigenvalue weighted by atomic mass is 16.2. The maximum absolute atomic E-state index is 12.7. The van der Waals surface area contributed by atoms with Crippen LogP contribution in [0.2, 0.25) is 0 Å². The maximum atomic E-state index is 12.7. The molecule has 0 bridgehead atoms. The van der Waals surface area contributed by atoms with Crippen molar-refractivity contribution in [3.8, 4) is 0 Å². The summed E-state index contributed by atoms with van der Waals surface area (Å²) in [5.41, 5.74) is 2.62.